The highest BCUT2D eigenvalue weighted by Gasteiger charge is 2.09. The number of aryl methyl sites for hydroxylation is 1. The summed E-state index contributed by atoms with van der Waals surface area (Å²) >= 11 is 0. The molecule has 0 saturated heterocycles. The molecule has 0 radical (unpaired) electrons. The van der Waals surface area contributed by atoms with E-state index in [0.29, 0.717) is 11.3 Å². The van der Waals surface area contributed by atoms with Gasteiger partial charge in [-0.3, -0.25) is 14.9 Å². The van der Waals surface area contributed by atoms with Crippen molar-refractivity contribution in [3.8, 4) is 0 Å². The first-order valence-electron chi connectivity index (χ1n) is 6.78. The number of hydrogen-bond donors (Lipinski definition) is 1. The van der Waals surface area contributed by atoms with Crippen molar-refractivity contribution >= 4 is 11.6 Å². The first kappa shape index (κ1) is 19.3. The van der Waals surface area contributed by atoms with E-state index < -0.39 is 4.92 Å². The van der Waals surface area contributed by atoms with E-state index in [1.807, 2.05) is 31.2 Å². The van der Waals surface area contributed by atoms with Gasteiger partial charge in [0, 0.05) is 11.3 Å². The number of carbonyl (C=O) groups excluding carboxylic acids is 1. The van der Waals surface area contributed by atoms with E-state index in [9.17, 15) is 14.9 Å². The third-order valence-electron chi connectivity index (χ3n) is 2.85. The molecule has 1 rings (SSSR count). The Labute approximate surface area is 131 Å². The summed E-state index contributed by atoms with van der Waals surface area (Å²) in [6.45, 7) is 11.2. The molecule has 118 valence electrons. The summed E-state index contributed by atoms with van der Waals surface area (Å²) in [5, 5.41) is 13.4. The highest BCUT2D eigenvalue weighted by atomic mass is 16.6. The number of benzene rings is 1. The van der Waals surface area contributed by atoms with Crippen molar-refractivity contribution in [3.05, 3.63) is 76.5 Å². The molecule has 0 aliphatic carbocycles. The minimum atomic E-state index is -0.443. The smallest absolute Gasteiger partial charge is 0.250 e. The largest absolute Gasteiger partial charge is 0.322 e. The zero-order valence-electron chi connectivity index (χ0n) is 13.3. The lowest BCUT2D eigenvalue weighted by Crippen LogP contribution is -2.12. The summed E-state index contributed by atoms with van der Waals surface area (Å²) in [5.41, 5.74) is 2.34. The second-order valence-electron chi connectivity index (χ2n) is 4.45. The number of nitro groups is 1. The van der Waals surface area contributed by atoms with Crippen molar-refractivity contribution in [1.82, 2.24) is 0 Å². The number of allylic oxidation sites excluding steroid dienone is 2. The molecule has 0 bridgehead atoms. The van der Waals surface area contributed by atoms with E-state index in [0.717, 1.165) is 5.56 Å². The van der Waals surface area contributed by atoms with Gasteiger partial charge in [0.05, 0.1) is 11.3 Å². The Morgan fingerprint density at radius 2 is 1.86 bits per heavy atom. The maximum absolute atomic E-state index is 11.9. The van der Waals surface area contributed by atoms with Gasteiger partial charge in [0.2, 0.25) is 5.70 Å². The van der Waals surface area contributed by atoms with Crippen LogP contribution in [0.1, 0.15) is 25.8 Å². The van der Waals surface area contributed by atoms with E-state index in [1.165, 1.54) is 6.08 Å². The third-order valence-corrected chi connectivity index (χ3v) is 2.85. The van der Waals surface area contributed by atoms with Gasteiger partial charge in [-0.05, 0) is 39.0 Å². The van der Waals surface area contributed by atoms with Crippen LogP contribution in [-0.2, 0) is 4.79 Å². The van der Waals surface area contributed by atoms with Crippen LogP contribution in [0.2, 0.25) is 0 Å². The molecule has 0 spiro atoms. The quantitative estimate of drug-likeness (QED) is 0.382. The Morgan fingerprint density at radius 3 is 2.32 bits per heavy atom. The number of amides is 1. The fourth-order valence-electron chi connectivity index (χ4n) is 1.51. The molecule has 0 atom stereocenters. The minimum Gasteiger partial charge on any atom is -0.322 e. The van der Waals surface area contributed by atoms with Gasteiger partial charge in [0.25, 0.3) is 5.91 Å². The Bertz CT molecular complexity index is 572. The maximum Gasteiger partial charge on any atom is 0.250 e. The molecule has 0 unspecified atom stereocenters. The predicted molar refractivity (Wildman–Crippen MR) is 90.2 cm³/mol. The van der Waals surface area contributed by atoms with E-state index in [4.69, 9.17) is 0 Å². The van der Waals surface area contributed by atoms with Crippen LogP contribution >= 0.6 is 0 Å². The van der Waals surface area contributed by atoms with Crippen LogP contribution in [0.3, 0.4) is 0 Å². The molecular weight excluding hydrogens is 280 g/mol. The zero-order valence-corrected chi connectivity index (χ0v) is 13.3. The minimum absolute atomic E-state index is 0.0764. The van der Waals surface area contributed by atoms with Crippen molar-refractivity contribution in [2.24, 2.45) is 0 Å². The first-order valence-corrected chi connectivity index (χ1v) is 6.78. The number of rotatable bonds is 5. The monoisotopic (exact) mass is 302 g/mol. The van der Waals surface area contributed by atoms with Crippen molar-refractivity contribution in [2.45, 2.75) is 27.2 Å². The van der Waals surface area contributed by atoms with Crippen LogP contribution in [-0.4, -0.2) is 10.8 Å². The van der Waals surface area contributed by atoms with Gasteiger partial charge >= 0.3 is 0 Å². The number of carbonyl (C=O) groups is 1. The standard InChI is InChI=1S/C15H18N2O3.C2H4/c1-4-14(17(19)20)10-7-12(3)15(18)16-13-8-5-11(2)6-9-13;1-2/h4-9H,10H2,1-3H3,(H,16,18);1-2H2/b12-7+,14-4+;. The Kier molecular flexibility index (Phi) is 8.86. The molecule has 22 heavy (non-hydrogen) atoms. The second kappa shape index (κ2) is 10.1. The molecule has 0 aliphatic heterocycles. The van der Waals surface area contributed by atoms with Crippen LogP contribution in [0, 0.1) is 17.0 Å². The van der Waals surface area contributed by atoms with Gasteiger partial charge in [0.1, 0.15) is 0 Å². The summed E-state index contributed by atoms with van der Waals surface area (Å²) in [7, 11) is 0. The van der Waals surface area contributed by atoms with Crippen molar-refractivity contribution in [3.63, 3.8) is 0 Å². The number of hydrogen-bond acceptors (Lipinski definition) is 3. The average molecular weight is 302 g/mol. The average Bonchev–Trinajstić information content (AvgIpc) is 2.51. The molecule has 0 fully saturated rings. The molecule has 1 aromatic carbocycles. The second-order valence-corrected chi connectivity index (χ2v) is 4.45. The lowest BCUT2D eigenvalue weighted by Gasteiger charge is -2.05. The van der Waals surface area contributed by atoms with Crippen LogP contribution in [0.5, 0.6) is 0 Å². The highest BCUT2D eigenvalue weighted by molar-refractivity contribution is 6.03. The van der Waals surface area contributed by atoms with Gasteiger partial charge in [-0.2, -0.15) is 0 Å². The van der Waals surface area contributed by atoms with Gasteiger partial charge in [-0.15, -0.1) is 13.2 Å². The van der Waals surface area contributed by atoms with E-state index in [1.54, 1.807) is 19.9 Å². The zero-order chi connectivity index (χ0) is 17.1. The fourth-order valence-corrected chi connectivity index (χ4v) is 1.51. The Morgan fingerprint density at radius 1 is 1.32 bits per heavy atom. The molecule has 1 aromatic rings. The summed E-state index contributed by atoms with van der Waals surface area (Å²) in [5.74, 6) is -0.257. The molecule has 0 aromatic heterocycles. The van der Waals surface area contributed by atoms with Crippen molar-refractivity contribution in [2.75, 3.05) is 5.32 Å². The topological polar surface area (TPSA) is 72.2 Å². The molecule has 0 saturated carbocycles. The summed E-state index contributed by atoms with van der Waals surface area (Å²) < 4.78 is 0. The highest BCUT2D eigenvalue weighted by Crippen LogP contribution is 2.11. The molecule has 1 N–H and O–H groups in total. The van der Waals surface area contributed by atoms with Gasteiger partial charge in [0.15, 0.2) is 0 Å². The van der Waals surface area contributed by atoms with Gasteiger partial charge in [-0.25, -0.2) is 0 Å². The predicted octanol–water partition coefficient (Wildman–Crippen LogP) is 4.25. The van der Waals surface area contributed by atoms with Gasteiger partial charge < -0.3 is 5.32 Å². The molecule has 0 aliphatic rings. The summed E-state index contributed by atoms with van der Waals surface area (Å²) in [6.07, 6.45) is 3.12. The van der Waals surface area contributed by atoms with Gasteiger partial charge in [-0.1, -0.05) is 23.8 Å². The van der Waals surface area contributed by atoms with Crippen molar-refractivity contribution in [1.29, 1.82) is 0 Å². The molecule has 1 amide bonds. The number of anilines is 1. The number of nitrogens with one attached hydrogen (secondary N) is 1. The molecule has 5 nitrogen and oxygen atoms in total. The lowest BCUT2D eigenvalue weighted by molar-refractivity contribution is -0.426. The fraction of sp³-hybridized carbons (Fsp3) is 0.235. The first-order chi connectivity index (χ1) is 10.4. The summed E-state index contributed by atoms with van der Waals surface area (Å²) in [6, 6.07) is 7.43. The molecule has 0 heterocycles. The van der Waals surface area contributed by atoms with E-state index in [-0.39, 0.29) is 18.0 Å². The van der Waals surface area contributed by atoms with Crippen molar-refractivity contribution < 1.29 is 9.72 Å². The van der Waals surface area contributed by atoms with Crippen LogP contribution in [0.25, 0.3) is 0 Å². The lowest BCUT2D eigenvalue weighted by atomic mass is 10.2. The van der Waals surface area contributed by atoms with Crippen LogP contribution in [0.4, 0.5) is 5.69 Å². The SMILES string of the molecule is C/C=C(\C/C=C(\C)C(=O)Nc1ccc(C)cc1)[N+](=O)[O-].C=C. The van der Waals surface area contributed by atoms with E-state index in [2.05, 4.69) is 18.5 Å². The number of nitrogens with zero attached hydrogens (tertiary/aromatic N) is 1. The maximum atomic E-state index is 11.9. The normalized spacial score (nSPS) is 11.2. The van der Waals surface area contributed by atoms with Crippen LogP contribution < -0.4 is 5.32 Å². The third kappa shape index (κ3) is 6.65. The Balaban J connectivity index is 0.00000211. The molecular formula is C17H22N2O3. The Hall–Kier alpha value is -2.69. The molecule has 5 heteroatoms. The van der Waals surface area contributed by atoms with Crippen LogP contribution in [0.15, 0.2) is 60.8 Å². The van der Waals surface area contributed by atoms with E-state index >= 15 is 0 Å². The summed E-state index contributed by atoms with van der Waals surface area (Å²) in [4.78, 5) is 22.1.